The van der Waals surface area contributed by atoms with Crippen LogP contribution in [0.15, 0.2) is 62.3 Å². The molecule has 2 N–H and O–H groups in total. The van der Waals surface area contributed by atoms with Crippen LogP contribution < -0.4 is 15.6 Å². The number of aromatic amines is 1. The summed E-state index contributed by atoms with van der Waals surface area (Å²) in [5.41, 5.74) is 0.0807. The molecule has 0 saturated carbocycles. The minimum atomic E-state index is -0.558. The lowest BCUT2D eigenvalue weighted by molar-refractivity contribution is 0.0992. The van der Waals surface area contributed by atoms with Crippen molar-refractivity contribution in [3.05, 3.63) is 80.6 Å². The summed E-state index contributed by atoms with van der Waals surface area (Å²) < 4.78 is 11.6. The number of para-hydroxylation sites is 1. The van der Waals surface area contributed by atoms with Crippen LogP contribution in [-0.4, -0.2) is 10.9 Å². The van der Waals surface area contributed by atoms with E-state index < -0.39 is 11.5 Å². The van der Waals surface area contributed by atoms with Gasteiger partial charge in [-0.3, -0.25) is 9.59 Å². The van der Waals surface area contributed by atoms with Gasteiger partial charge in [0.1, 0.15) is 29.9 Å². The van der Waals surface area contributed by atoms with Crippen molar-refractivity contribution in [2.24, 2.45) is 0 Å². The molecule has 0 aliphatic carbocycles. The zero-order valence-electron chi connectivity index (χ0n) is 13.3. The van der Waals surface area contributed by atoms with E-state index in [1.165, 1.54) is 18.3 Å². The number of hydrogen-bond acceptors (Lipinski definition) is 5. The number of carbonyl (C=O) groups excluding carboxylic acids is 1. The SMILES string of the molecule is N#Cc1ccccc1OCc1ccc(C(=O)Nc2cc(Br)c[nH]c2=O)o1. The molecule has 26 heavy (non-hydrogen) atoms. The predicted molar refractivity (Wildman–Crippen MR) is 96.9 cm³/mol. The lowest BCUT2D eigenvalue weighted by Crippen LogP contribution is -2.19. The third-order valence-electron chi connectivity index (χ3n) is 3.38. The summed E-state index contributed by atoms with van der Waals surface area (Å²) in [6, 6.07) is 13.4. The number of ether oxygens (including phenoxy) is 1. The number of nitrogens with one attached hydrogen (secondary N) is 2. The standard InChI is InChI=1S/C18H12BrN3O4/c19-12-7-14(17(23)21-9-12)22-18(24)16-6-5-13(26-16)10-25-15-4-2-1-3-11(15)8-20/h1-7,9H,10H2,(H,21,23)(H,22,24). The van der Waals surface area contributed by atoms with E-state index in [1.807, 2.05) is 6.07 Å². The summed E-state index contributed by atoms with van der Waals surface area (Å²) in [5, 5.41) is 11.5. The third-order valence-corrected chi connectivity index (χ3v) is 3.84. The summed E-state index contributed by atoms with van der Waals surface area (Å²) in [7, 11) is 0. The average Bonchev–Trinajstić information content (AvgIpc) is 3.12. The van der Waals surface area contributed by atoms with Crippen LogP contribution in [0.5, 0.6) is 5.75 Å². The molecule has 0 radical (unpaired) electrons. The van der Waals surface area contributed by atoms with E-state index in [0.717, 1.165) is 0 Å². The zero-order chi connectivity index (χ0) is 18.5. The molecule has 0 aliphatic heterocycles. The van der Waals surface area contributed by atoms with Gasteiger partial charge in [-0.1, -0.05) is 12.1 Å². The Morgan fingerprint density at radius 1 is 1.31 bits per heavy atom. The van der Waals surface area contributed by atoms with Gasteiger partial charge in [-0.05, 0) is 46.3 Å². The highest BCUT2D eigenvalue weighted by atomic mass is 79.9. The molecule has 2 heterocycles. The molecule has 130 valence electrons. The van der Waals surface area contributed by atoms with Gasteiger partial charge in [0, 0.05) is 10.7 Å². The number of hydrogen-bond donors (Lipinski definition) is 2. The molecule has 1 amide bonds. The number of nitriles is 1. The molecule has 3 rings (SSSR count). The number of benzene rings is 1. The first-order chi connectivity index (χ1) is 12.6. The Balaban J connectivity index is 1.67. The number of anilines is 1. The summed E-state index contributed by atoms with van der Waals surface area (Å²) >= 11 is 3.22. The maximum atomic E-state index is 12.2. The molecule has 0 bridgehead atoms. The smallest absolute Gasteiger partial charge is 0.291 e. The fourth-order valence-corrected chi connectivity index (χ4v) is 2.49. The molecule has 2 aromatic heterocycles. The number of nitrogens with zero attached hydrogens (tertiary/aromatic N) is 1. The van der Waals surface area contributed by atoms with Gasteiger partial charge in [-0.2, -0.15) is 5.26 Å². The molecule has 0 aliphatic rings. The molecular weight excluding hydrogens is 402 g/mol. The number of halogens is 1. The van der Waals surface area contributed by atoms with Gasteiger partial charge in [-0.25, -0.2) is 0 Å². The Morgan fingerprint density at radius 2 is 2.12 bits per heavy atom. The van der Waals surface area contributed by atoms with Crippen molar-refractivity contribution in [2.45, 2.75) is 6.61 Å². The second-order valence-corrected chi connectivity index (χ2v) is 6.09. The Hall–Kier alpha value is -3.31. The maximum Gasteiger partial charge on any atom is 0.291 e. The molecule has 8 heteroatoms. The lowest BCUT2D eigenvalue weighted by Gasteiger charge is -2.05. The quantitative estimate of drug-likeness (QED) is 0.665. The molecule has 0 saturated heterocycles. The fraction of sp³-hybridized carbons (Fsp3) is 0.0556. The van der Waals surface area contributed by atoms with E-state index in [9.17, 15) is 9.59 Å². The topological polar surface area (TPSA) is 108 Å². The lowest BCUT2D eigenvalue weighted by atomic mass is 10.2. The summed E-state index contributed by atoms with van der Waals surface area (Å²) in [4.78, 5) is 26.4. The van der Waals surface area contributed by atoms with Crippen molar-refractivity contribution in [1.82, 2.24) is 4.98 Å². The van der Waals surface area contributed by atoms with Gasteiger partial charge in [0.2, 0.25) is 0 Å². The second-order valence-electron chi connectivity index (χ2n) is 5.18. The largest absolute Gasteiger partial charge is 0.484 e. The Kier molecular flexibility index (Phi) is 5.20. The highest BCUT2D eigenvalue weighted by Gasteiger charge is 2.14. The minimum Gasteiger partial charge on any atom is -0.484 e. The van der Waals surface area contributed by atoms with Crippen LogP contribution in [0.4, 0.5) is 5.69 Å². The highest BCUT2D eigenvalue weighted by Crippen LogP contribution is 2.19. The van der Waals surface area contributed by atoms with E-state index in [4.69, 9.17) is 14.4 Å². The number of rotatable bonds is 5. The van der Waals surface area contributed by atoms with Gasteiger partial charge < -0.3 is 19.5 Å². The predicted octanol–water partition coefficient (Wildman–Crippen LogP) is 3.43. The molecular formula is C18H12BrN3O4. The van der Waals surface area contributed by atoms with Gasteiger partial charge in [0.05, 0.1) is 5.56 Å². The summed E-state index contributed by atoms with van der Waals surface area (Å²) in [6.07, 6.45) is 1.47. The van der Waals surface area contributed by atoms with Crippen LogP contribution in [0.2, 0.25) is 0 Å². The normalized spacial score (nSPS) is 10.2. The molecule has 0 unspecified atom stereocenters. The van der Waals surface area contributed by atoms with Crippen LogP contribution in [0.25, 0.3) is 0 Å². The maximum absolute atomic E-state index is 12.2. The van der Waals surface area contributed by atoms with Crippen LogP contribution in [0.1, 0.15) is 21.9 Å². The zero-order valence-corrected chi connectivity index (χ0v) is 14.9. The number of carbonyl (C=O) groups is 1. The van der Waals surface area contributed by atoms with Crippen LogP contribution >= 0.6 is 15.9 Å². The molecule has 3 aromatic rings. The van der Waals surface area contributed by atoms with Gasteiger partial charge >= 0.3 is 0 Å². The van der Waals surface area contributed by atoms with E-state index >= 15 is 0 Å². The molecule has 7 nitrogen and oxygen atoms in total. The number of H-pyrrole nitrogens is 1. The third kappa shape index (κ3) is 4.02. The molecule has 0 spiro atoms. The first kappa shape index (κ1) is 17.5. The van der Waals surface area contributed by atoms with Crippen LogP contribution in [0, 0.1) is 11.3 Å². The summed E-state index contributed by atoms with van der Waals surface area (Å²) in [6.45, 7) is 0.0590. The fourth-order valence-electron chi connectivity index (χ4n) is 2.15. The molecule has 0 atom stereocenters. The van der Waals surface area contributed by atoms with Crippen LogP contribution in [-0.2, 0) is 6.61 Å². The van der Waals surface area contributed by atoms with Crippen molar-refractivity contribution in [2.75, 3.05) is 5.32 Å². The van der Waals surface area contributed by atoms with E-state index in [2.05, 4.69) is 26.2 Å². The van der Waals surface area contributed by atoms with Crippen LogP contribution in [0.3, 0.4) is 0 Å². The molecule has 0 fully saturated rings. The number of pyridine rings is 1. The summed E-state index contributed by atoms with van der Waals surface area (Å²) in [5.74, 6) is 0.318. The van der Waals surface area contributed by atoms with Crippen molar-refractivity contribution in [3.8, 4) is 11.8 Å². The first-order valence-corrected chi connectivity index (χ1v) is 8.26. The Labute approximate surface area is 156 Å². The number of furan rings is 1. The molecule has 1 aromatic carbocycles. The Bertz CT molecular complexity index is 1050. The van der Waals surface area contributed by atoms with Gasteiger partial charge in [-0.15, -0.1) is 0 Å². The van der Waals surface area contributed by atoms with Crippen molar-refractivity contribution in [3.63, 3.8) is 0 Å². The minimum absolute atomic E-state index is 0.0385. The number of aromatic nitrogens is 1. The average molecular weight is 414 g/mol. The highest BCUT2D eigenvalue weighted by molar-refractivity contribution is 9.10. The second kappa shape index (κ2) is 7.72. The van der Waals surface area contributed by atoms with E-state index in [-0.39, 0.29) is 18.1 Å². The van der Waals surface area contributed by atoms with Gasteiger partial charge in [0.15, 0.2) is 5.76 Å². The Morgan fingerprint density at radius 3 is 2.92 bits per heavy atom. The van der Waals surface area contributed by atoms with E-state index in [0.29, 0.717) is 21.5 Å². The van der Waals surface area contributed by atoms with Crippen molar-refractivity contribution >= 4 is 27.5 Å². The number of amides is 1. The van der Waals surface area contributed by atoms with Gasteiger partial charge in [0.25, 0.3) is 11.5 Å². The van der Waals surface area contributed by atoms with E-state index in [1.54, 1.807) is 30.3 Å². The monoisotopic (exact) mass is 413 g/mol. The first-order valence-electron chi connectivity index (χ1n) is 7.47. The van der Waals surface area contributed by atoms with Crippen molar-refractivity contribution in [1.29, 1.82) is 5.26 Å². The van der Waals surface area contributed by atoms with Crippen molar-refractivity contribution < 1.29 is 13.9 Å².